The summed E-state index contributed by atoms with van der Waals surface area (Å²) in [7, 11) is 0. The molecule has 1 atom stereocenters. The minimum atomic E-state index is -0.651. The summed E-state index contributed by atoms with van der Waals surface area (Å²) >= 11 is 0. The van der Waals surface area contributed by atoms with Crippen molar-refractivity contribution in [1.29, 1.82) is 0 Å². The van der Waals surface area contributed by atoms with Crippen molar-refractivity contribution >= 4 is 5.97 Å². The highest BCUT2D eigenvalue weighted by Crippen LogP contribution is 2.12. The van der Waals surface area contributed by atoms with Gasteiger partial charge >= 0.3 is 5.97 Å². The molecule has 0 saturated heterocycles. The predicted molar refractivity (Wildman–Crippen MR) is 54.7 cm³/mol. The van der Waals surface area contributed by atoms with E-state index in [0.29, 0.717) is 0 Å². The van der Waals surface area contributed by atoms with E-state index in [4.69, 9.17) is 5.11 Å². The molecule has 0 radical (unpaired) electrons. The van der Waals surface area contributed by atoms with Crippen molar-refractivity contribution in [3.8, 4) is 0 Å². The van der Waals surface area contributed by atoms with Gasteiger partial charge in [0.25, 0.3) is 0 Å². The lowest BCUT2D eigenvalue weighted by molar-refractivity contribution is -0.142. The molecule has 0 amide bonds. The molecule has 0 saturated carbocycles. The first-order chi connectivity index (χ1) is 6.22. The van der Waals surface area contributed by atoms with Gasteiger partial charge in [0.15, 0.2) is 0 Å². The van der Waals surface area contributed by atoms with Crippen LogP contribution < -0.4 is 0 Å². The quantitative estimate of drug-likeness (QED) is 0.487. The lowest BCUT2D eigenvalue weighted by Crippen LogP contribution is -2.11. The largest absolute Gasteiger partial charge is 0.481 e. The number of aliphatic carboxylic acids is 1. The van der Waals surface area contributed by atoms with Crippen LogP contribution in [0.4, 0.5) is 0 Å². The van der Waals surface area contributed by atoms with Crippen molar-refractivity contribution < 1.29 is 9.90 Å². The van der Waals surface area contributed by atoms with Crippen molar-refractivity contribution in [3.63, 3.8) is 0 Å². The number of hydrogen-bond acceptors (Lipinski definition) is 1. The van der Waals surface area contributed by atoms with E-state index in [9.17, 15) is 4.79 Å². The number of carbonyl (C=O) groups is 1. The summed E-state index contributed by atoms with van der Waals surface area (Å²) in [4.78, 5) is 10.6. The predicted octanol–water partition coefficient (Wildman–Crippen LogP) is 3.23. The molecular weight excluding hydrogens is 164 g/mol. The number of allylic oxidation sites excluding steroid dienone is 2. The van der Waals surface area contributed by atoms with Crippen LogP contribution in [0, 0.1) is 5.92 Å². The minimum Gasteiger partial charge on any atom is -0.481 e. The Balaban J connectivity index is 3.49. The molecule has 0 aromatic rings. The molecule has 0 spiro atoms. The van der Waals surface area contributed by atoms with E-state index in [1.54, 1.807) is 0 Å². The van der Waals surface area contributed by atoms with Crippen LogP contribution in [0.15, 0.2) is 12.2 Å². The summed E-state index contributed by atoms with van der Waals surface area (Å²) in [5.41, 5.74) is 0. The zero-order valence-electron chi connectivity index (χ0n) is 8.62. The Hall–Kier alpha value is -0.790. The van der Waals surface area contributed by atoms with Crippen LogP contribution in [0.5, 0.6) is 0 Å². The molecule has 0 rings (SSSR count). The second-order valence-electron chi connectivity index (χ2n) is 3.25. The summed E-state index contributed by atoms with van der Waals surface area (Å²) in [6, 6.07) is 0. The molecule has 0 heterocycles. The maximum absolute atomic E-state index is 10.6. The average Bonchev–Trinajstić information content (AvgIpc) is 2.10. The first-order valence-electron chi connectivity index (χ1n) is 5.10. The summed E-state index contributed by atoms with van der Waals surface area (Å²) in [5.74, 6) is -0.794. The van der Waals surface area contributed by atoms with Gasteiger partial charge in [-0.25, -0.2) is 0 Å². The summed E-state index contributed by atoms with van der Waals surface area (Å²) in [6.45, 7) is 4.03. The average molecular weight is 184 g/mol. The van der Waals surface area contributed by atoms with Crippen LogP contribution in [-0.2, 0) is 4.79 Å². The Morgan fingerprint density at radius 3 is 2.54 bits per heavy atom. The number of hydrogen-bond donors (Lipinski definition) is 1. The highest BCUT2D eigenvalue weighted by molar-refractivity contribution is 5.69. The van der Waals surface area contributed by atoms with Crippen LogP contribution in [-0.4, -0.2) is 11.1 Å². The fourth-order valence-corrected chi connectivity index (χ4v) is 1.27. The van der Waals surface area contributed by atoms with Gasteiger partial charge in [-0.1, -0.05) is 26.0 Å². The lowest BCUT2D eigenvalue weighted by Gasteiger charge is -2.07. The zero-order valence-corrected chi connectivity index (χ0v) is 8.62. The van der Waals surface area contributed by atoms with Crippen molar-refractivity contribution in [2.75, 3.05) is 0 Å². The Labute approximate surface area is 80.7 Å². The van der Waals surface area contributed by atoms with Crippen molar-refractivity contribution in [2.24, 2.45) is 5.92 Å². The topological polar surface area (TPSA) is 37.3 Å². The van der Waals surface area contributed by atoms with E-state index in [0.717, 1.165) is 32.1 Å². The van der Waals surface area contributed by atoms with E-state index in [1.807, 2.05) is 6.92 Å². The molecule has 2 heteroatoms. The zero-order chi connectivity index (χ0) is 10.1. The highest BCUT2D eigenvalue weighted by Gasteiger charge is 2.13. The van der Waals surface area contributed by atoms with Gasteiger partial charge < -0.3 is 5.11 Å². The standard InChI is InChI=1S/C11H20O2/c1-3-5-6-7-8-9-10(4-2)11(12)13/h5-6,10H,3-4,7-9H2,1-2H3,(H,12,13)/b6-5-. The van der Waals surface area contributed by atoms with Crippen LogP contribution in [0.2, 0.25) is 0 Å². The molecule has 13 heavy (non-hydrogen) atoms. The Kier molecular flexibility index (Phi) is 7.36. The van der Waals surface area contributed by atoms with Crippen LogP contribution >= 0.6 is 0 Å². The van der Waals surface area contributed by atoms with Gasteiger partial charge in [0, 0.05) is 0 Å². The first-order valence-corrected chi connectivity index (χ1v) is 5.10. The van der Waals surface area contributed by atoms with Crippen molar-refractivity contribution in [2.45, 2.75) is 46.0 Å². The van der Waals surface area contributed by atoms with Crippen LogP contribution in [0.1, 0.15) is 46.0 Å². The minimum absolute atomic E-state index is 0.143. The first kappa shape index (κ1) is 12.2. The van der Waals surface area contributed by atoms with Gasteiger partial charge in [0.2, 0.25) is 0 Å². The molecule has 0 aliphatic heterocycles. The summed E-state index contributed by atoms with van der Waals surface area (Å²) in [6.07, 6.45) is 8.87. The molecule has 0 aromatic carbocycles. The molecule has 0 fully saturated rings. The SMILES string of the molecule is CC/C=C\CCCC(CC)C(=O)O. The van der Waals surface area contributed by atoms with Gasteiger partial charge in [0.1, 0.15) is 0 Å². The molecule has 0 aliphatic carbocycles. The van der Waals surface area contributed by atoms with Gasteiger partial charge in [0.05, 0.1) is 5.92 Å². The molecule has 1 N–H and O–H groups in total. The second kappa shape index (κ2) is 7.84. The second-order valence-corrected chi connectivity index (χ2v) is 3.25. The van der Waals surface area contributed by atoms with Crippen LogP contribution in [0.25, 0.3) is 0 Å². The molecule has 2 nitrogen and oxygen atoms in total. The van der Waals surface area contributed by atoms with Crippen molar-refractivity contribution in [3.05, 3.63) is 12.2 Å². The number of carboxylic acid groups (broad SMARTS) is 1. The number of rotatable bonds is 7. The number of carboxylic acids is 1. The third kappa shape index (κ3) is 6.38. The lowest BCUT2D eigenvalue weighted by atomic mass is 9.99. The fraction of sp³-hybridized carbons (Fsp3) is 0.727. The van der Waals surface area contributed by atoms with E-state index in [-0.39, 0.29) is 5.92 Å². The van der Waals surface area contributed by atoms with E-state index < -0.39 is 5.97 Å². The fourth-order valence-electron chi connectivity index (χ4n) is 1.27. The maximum atomic E-state index is 10.6. The molecule has 0 aliphatic rings. The maximum Gasteiger partial charge on any atom is 0.306 e. The smallest absolute Gasteiger partial charge is 0.306 e. The Morgan fingerprint density at radius 1 is 1.38 bits per heavy atom. The molecule has 1 unspecified atom stereocenters. The van der Waals surface area contributed by atoms with E-state index in [2.05, 4.69) is 19.1 Å². The normalized spacial score (nSPS) is 13.4. The molecule has 76 valence electrons. The van der Waals surface area contributed by atoms with E-state index >= 15 is 0 Å². The van der Waals surface area contributed by atoms with Gasteiger partial charge in [-0.15, -0.1) is 0 Å². The summed E-state index contributed by atoms with van der Waals surface area (Å²) < 4.78 is 0. The van der Waals surface area contributed by atoms with Crippen molar-refractivity contribution in [1.82, 2.24) is 0 Å². The third-order valence-electron chi connectivity index (χ3n) is 2.17. The Morgan fingerprint density at radius 2 is 2.08 bits per heavy atom. The van der Waals surface area contributed by atoms with E-state index in [1.165, 1.54) is 0 Å². The third-order valence-corrected chi connectivity index (χ3v) is 2.17. The molecular formula is C11H20O2. The van der Waals surface area contributed by atoms with Gasteiger partial charge in [-0.2, -0.15) is 0 Å². The van der Waals surface area contributed by atoms with Crippen LogP contribution in [0.3, 0.4) is 0 Å². The summed E-state index contributed by atoms with van der Waals surface area (Å²) in [5, 5.41) is 8.76. The highest BCUT2D eigenvalue weighted by atomic mass is 16.4. The van der Waals surface area contributed by atoms with Gasteiger partial charge in [-0.3, -0.25) is 4.79 Å². The van der Waals surface area contributed by atoms with Gasteiger partial charge in [-0.05, 0) is 32.1 Å². The number of unbranched alkanes of at least 4 members (excludes halogenated alkanes) is 1. The monoisotopic (exact) mass is 184 g/mol. The molecule has 0 aromatic heterocycles. The molecule has 0 bridgehead atoms. The Bertz CT molecular complexity index is 161.